The minimum Gasteiger partial charge on any atom is -0.367 e. The normalized spacial score (nSPS) is 10.4. The first-order valence-electron chi connectivity index (χ1n) is 4.15. The monoisotopic (exact) mass is 252 g/mol. The smallest absolute Gasteiger partial charge is 0.229 e. The molecule has 0 amide bonds. The summed E-state index contributed by atoms with van der Waals surface area (Å²) in [6.07, 6.45) is 1.62. The van der Waals surface area contributed by atoms with Gasteiger partial charge in [0.05, 0.1) is 11.8 Å². The molecule has 0 aliphatic rings. The number of aryl methyl sites for hydroxylation is 1. The summed E-state index contributed by atoms with van der Waals surface area (Å²) in [5.41, 5.74) is 8.63. The average molecular weight is 253 g/mol. The minimum absolute atomic E-state index is 0.348. The highest BCUT2D eigenvalue weighted by Gasteiger charge is 2.07. The molecule has 0 spiro atoms. The van der Waals surface area contributed by atoms with Crippen LogP contribution in [0, 0.1) is 6.92 Å². The number of aromatic nitrogens is 1. The van der Waals surface area contributed by atoms with Crippen molar-refractivity contribution in [1.82, 2.24) is 5.16 Å². The summed E-state index contributed by atoms with van der Waals surface area (Å²) in [5, 5.41) is 3.63. The van der Waals surface area contributed by atoms with E-state index in [0.29, 0.717) is 5.88 Å². The van der Waals surface area contributed by atoms with Gasteiger partial charge in [0.1, 0.15) is 0 Å². The van der Waals surface area contributed by atoms with E-state index in [1.54, 1.807) is 6.20 Å². The van der Waals surface area contributed by atoms with E-state index < -0.39 is 0 Å². The van der Waals surface area contributed by atoms with Crippen molar-refractivity contribution in [3.8, 4) is 11.1 Å². The molecule has 0 unspecified atom stereocenters. The topological polar surface area (TPSA) is 52.0 Å². The van der Waals surface area contributed by atoms with Crippen molar-refractivity contribution in [3.05, 3.63) is 34.4 Å². The molecule has 1 heterocycles. The number of nitrogens with two attached hydrogens (primary N) is 1. The Hall–Kier alpha value is -1.29. The fourth-order valence-electron chi connectivity index (χ4n) is 1.23. The van der Waals surface area contributed by atoms with Gasteiger partial charge in [-0.1, -0.05) is 33.2 Å². The maximum absolute atomic E-state index is 5.62. The fraction of sp³-hybridized carbons (Fsp3) is 0.100. The Kier molecular flexibility index (Phi) is 2.29. The van der Waals surface area contributed by atoms with Crippen LogP contribution in [0.4, 0.5) is 5.88 Å². The van der Waals surface area contributed by atoms with E-state index in [1.807, 2.05) is 25.1 Å². The zero-order valence-corrected chi connectivity index (χ0v) is 9.21. The molecule has 72 valence electrons. The Bertz CT molecular complexity index is 465. The third-order valence-corrected chi connectivity index (χ3v) is 2.94. The van der Waals surface area contributed by atoms with Crippen molar-refractivity contribution in [2.75, 3.05) is 5.73 Å². The van der Waals surface area contributed by atoms with Gasteiger partial charge in [-0.25, -0.2) is 0 Å². The highest BCUT2D eigenvalue weighted by molar-refractivity contribution is 9.10. The maximum atomic E-state index is 5.62. The van der Waals surface area contributed by atoms with Crippen LogP contribution < -0.4 is 5.73 Å². The predicted molar refractivity (Wildman–Crippen MR) is 58.8 cm³/mol. The van der Waals surface area contributed by atoms with E-state index in [2.05, 4.69) is 21.1 Å². The number of halogens is 1. The molecule has 2 aromatic rings. The quantitative estimate of drug-likeness (QED) is 0.849. The molecule has 0 fully saturated rings. The van der Waals surface area contributed by atoms with Crippen molar-refractivity contribution in [3.63, 3.8) is 0 Å². The van der Waals surface area contributed by atoms with Crippen molar-refractivity contribution in [1.29, 1.82) is 0 Å². The molecule has 1 aromatic carbocycles. The highest BCUT2D eigenvalue weighted by Crippen LogP contribution is 2.29. The Labute approximate surface area is 90.0 Å². The summed E-state index contributed by atoms with van der Waals surface area (Å²) in [5.74, 6) is 0.348. The average Bonchev–Trinajstić information content (AvgIpc) is 2.57. The van der Waals surface area contributed by atoms with Crippen molar-refractivity contribution >= 4 is 21.8 Å². The number of benzene rings is 1. The van der Waals surface area contributed by atoms with Crippen LogP contribution in [0.1, 0.15) is 5.56 Å². The SMILES string of the molecule is Cc1ccc(-c2cnoc2N)cc1Br. The second kappa shape index (κ2) is 3.46. The molecule has 0 aliphatic carbocycles. The Morgan fingerprint density at radius 1 is 1.43 bits per heavy atom. The van der Waals surface area contributed by atoms with Crippen LogP contribution in [0.3, 0.4) is 0 Å². The number of nitrogen functional groups attached to an aromatic ring is 1. The molecule has 4 heteroatoms. The summed E-state index contributed by atoms with van der Waals surface area (Å²) in [4.78, 5) is 0. The van der Waals surface area contributed by atoms with Gasteiger partial charge in [-0.15, -0.1) is 0 Å². The van der Waals surface area contributed by atoms with Crippen molar-refractivity contribution in [2.45, 2.75) is 6.92 Å². The van der Waals surface area contributed by atoms with Crippen molar-refractivity contribution in [2.24, 2.45) is 0 Å². The van der Waals surface area contributed by atoms with E-state index in [4.69, 9.17) is 10.3 Å². The van der Waals surface area contributed by atoms with Crippen LogP contribution in [0.5, 0.6) is 0 Å². The zero-order valence-electron chi connectivity index (χ0n) is 7.62. The first kappa shape index (κ1) is 9.27. The van der Waals surface area contributed by atoms with Gasteiger partial charge in [0, 0.05) is 4.47 Å². The van der Waals surface area contributed by atoms with Crippen LogP contribution in [-0.2, 0) is 0 Å². The Morgan fingerprint density at radius 3 is 2.79 bits per heavy atom. The van der Waals surface area contributed by atoms with E-state index in [1.165, 1.54) is 5.56 Å². The largest absolute Gasteiger partial charge is 0.367 e. The van der Waals surface area contributed by atoms with Gasteiger partial charge in [-0.05, 0) is 24.1 Å². The standard InChI is InChI=1S/C10H9BrN2O/c1-6-2-3-7(4-9(6)11)8-5-13-14-10(8)12/h2-5H,12H2,1H3. The maximum Gasteiger partial charge on any atom is 0.229 e. The Balaban J connectivity index is 2.53. The van der Waals surface area contributed by atoms with Gasteiger partial charge in [0.25, 0.3) is 0 Å². The van der Waals surface area contributed by atoms with Crippen LogP contribution >= 0.6 is 15.9 Å². The van der Waals surface area contributed by atoms with Gasteiger partial charge in [-0.2, -0.15) is 0 Å². The summed E-state index contributed by atoms with van der Waals surface area (Å²) in [7, 11) is 0. The molecule has 0 atom stereocenters. The van der Waals surface area contributed by atoms with Gasteiger partial charge >= 0.3 is 0 Å². The number of hydrogen-bond acceptors (Lipinski definition) is 3. The third-order valence-electron chi connectivity index (χ3n) is 2.08. The van der Waals surface area contributed by atoms with Gasteiger partial charge in [0.15, 0.2) is 0 Å². The van der Waals surface area contributed by atoms with Crippen LogP contribution in [0.25, 0.3) is 11.1 Å². The molecular weight excluding hydrogens is 244 g/mol. The third kappa shape index (κ3) is 1.53. The molecular formula is C10H9BrN2O. The first-order valence-corrected chi connectivity index (χ1v) is 4.94. The summed E-state index contributed by atoms with van der Waals surface area (Å²) < 4.78 is 5.85. The molecule has 2 N–H and O–H groups in total. The number of anilines is 1. The number of rotatable bonds is 1. The molecule has 14 heavy (non-hydrogen) atoms. The van der Waals surface area contributed by atoms with Crippen LogP contribution in [0.15, 0.2) is 33.4 Å². The molecule has 0 aliphatic heterocycles. The van der Waals surface area contributed by atoms with Gasteiger partial charge < -0.3 is 10.3 Å². The van der Waals surface area contributed by atoms with E-state index in [0.717, 1.165) is 15.6 Å². The lowest BCUT2D eigenvalue weighted by atomic mass is 10.1. The number of nitrogens with zero attached hydrogens (tertiary/aromatic N) is 1. The molecule has 2 rings (SSSR count). The van der Waals surface area contributed by atoms with Crippen LogP contribution in [-0.4, -0.2) is 5.16 Å². The molecule has 0 radical (unpaired) electrons. The first-order chi connectivity index (χ1) is 6.68. The predicted octanol–water partition coefficient (Wildman–Crippen LogP) is 2.99. The highest BCUT2D eigenvalue weighted by atomic mass is 79.9. The molecule has 0 bridgehead atoms. The lowest BCUT2D eigenvalue weighted by Crippen LogP contribution is -1.85. The fourth-order valence-corrected chi connectivity index (χ4v) is 1.60. The van der Waals surface area contributed by atoms with E-state index >= 15 is 0 Å². The number of hydrogen-bond donors (Lipinski definition) is 1. The molecule has 0 saturated heterocycles. The summed E-state index contributed by atoms with van der Waals surface area (Å²) >= 11 is 3.46. The Morgan fingerprint density at radius 2 is 2.21 bits per heavy atom. The van der Waals surface area contributed by atoms with Crippen LogP contribution in [0.2, 0.25) is 0 Å². The van der Waals surface area contributed by atoms with Gasteiger partial charge in [-0.3, -0.25) is 0 Å². The molecule has 3 nitrogen and oxygen atoms in total. The lowest BCUT2D eigenvalue weighted by Gasteiger charge is -2.01. The molecule has 1 aromatic heterocycles. The lowest BCUT2D eigenvalue weighted by molar-refractivity contribution is 0.436. The van der Waals surface area contributed by atoms with E-state index in [-0.39, 0.29) is 0 Å². The summed E-state index contributed by atoms with van der Waals surface area (Å²) in [6, 6.07) is 6.01. The van der Waals surface area contributed by atoms with Crippen molar-refractivity contribution < 1.29 is 4.52 Å². The zero-order chi connectivity index (χ0) is 10.1. The summed E-state index contributed by atoms with van der Waals surface area (Å²) in [6.45, 7) is 2.03. The minimum atomic E-state index is 0.348. The van der Waals surface area contributed by atoms with E-state index in [9.17, 15) is 0 Å². The molecule has 0 saturated carbocycles. The second-order valence-electron chi connectivity index (χ2n) is 3.07. The van der Waals surface area contributed by atoms with Gasteiger partial charge in [0.2, 0.25) is 5.88 Å². The second-order valence-corrected chi connectivity index (χ2v) is 3.92.